The van der Waals surface area contributed by atoms with Crippen molar-refractivity contribution in [3.63, 3.8) is 0 Å². The molecule has 1 heterocycles. The largest absolute Gasteiger partial charge is 0.317 e. The highest BCUT2D eigenvalue weighted by molar-refractivity contribution is 5.32. The van der Waals surface area contributed by atoms with Crippen LogP contribution in [0.15, 0.2) is 12.1 Å². The van der Waals surface area contributed by atoms with Crippen molar-refractivity contribution >= 4 is 0 Å². The second kappa shape index (κ2) is 4.96. The van der Waals surface area contributed by atoms with Crippen molar-refractivity contribution in [1.29, 1.82) is 0 Å². The van der Waals surface area contributed by atoms with Crippen LogP contribution in [0.1, 0.15) is 29.5 Å². The molecule has 0 atom stereocenters. The Kier molecular flexibility index (Phi) is 3.59. The zero-order chi connectivity index (χ0) is 11.5. The molecule has 0 aliphatic carbocycles. The molecule has 0 amide bonds. The van der Waals surface area contributed by atoms with Gasteiger partial charge in [0.15, 0.2) is 0 Å². The lowest BCUT2D eigenvalue weighted by molar-refractivity contribution is 0.368. The van der Waals surface area contributed by atoms with Crippen molar-refractivity contribution in [2.45, 2.75) is 33.1 Å². The molecule has 1 aromatic carbocycles. The smallest absolute Gasteiger partial charge is 0.126 e. The molecule has 0 aromatic heterocycles. The fraction of sp³-hybridized carbons (Fsp3) is 0.571. The molecule has 1 saturated heterocycles. The maximum atomic E-state index is 13.9. The van der Waals surface area contributed by atoms with Crippen LogP contribution in [0.4, 0.5) is 4.39 Å². The number of nitrogens with one attached hydrogen (secondary N) is 1. The van der Waals surface area contributed by atoms with E-state index in [1.165, 1.54) is 12.8 Å². The maximum Gasteiger partial charge on any atom is 0.126 e. The summed E-state index contributed by atoms with van der Waals surface area (Å²) in [5.74, 6) is 0.633. The van der Waals surface area contributed by atoms with E-state index in [1.807, 2.05) is 13.8 Å². The van der Waals surface area contributed by atoms with Crippen LogP contribution >= 0.6 is 0 Å². The zero-order valence-corrected chi connectivity index (χ0v) is 10.1. The van der Waals surface area contributed by atoms with E-state index >= 15 is 0 Å². The summed E-state index contributed by atoms with van der Waals surface area (Å²) < 4.78 is 13.9. The second-order valence-corrected chi connectivity index (χ2v) is 4.94. The summed E-state index contributed by atoms with van der Waals surface area (Å²) in [6.07, 6.45) is 3.25. The lowest BCUT2D eigenvalue weighted by Gasteiger charge is -2.23. The fourth-order valence-corrected chi connectivity index (χ4v) is 2.58. The van der Waals surface area contributed by atoms with E-state index in [0.717, 1.165) is 36.2 Å². The number of benzene rings is 1. The van der Waals surface area contributed by atoms with Crippen LogP contribution in [0.3, 0.4) is 0 Å². The fourth-order valence-electron chi connectivity index (χ4n) is 2.58. The van der Waals surface area contributed by atoms with Gasteiger partial charge in [0.2, 0.25) is 0 Å². The molecule has 88 valence electrons. The van der Waals surface area contributed by atoms with E-state index in [9.17, 15) is 4.39 Å². The van der Waals surface area contributed by atoms with Gasteiger partial charge in [-0.2, -0.15) is 0 Å². The number of halogens is 1. The van der Waals surface area contributed by atoms with Crippen molar-refractivity contribution in [3.8, 4) is 0 Å². The summed E-state index contributed by atoms with van der Waals surface area (Å²) in [5, 5.41) is 3.35. The topological polar surface area (TPSA) is 12.0 Å². The summed E-state index contributed by atoms with van der Waals surface area (Å²) in [7, 11) is 0. The van der Waals surface area contributed by atoms with E-state index in [4.69, 9.17) is 0 Å². The average molecular weight is 221 g/mol. The molecule has 1 nitrogen and oxygen atoms in total. The highest BCUT2D eigenvalue weighted by atomic mass is 19.1. The third-order valence-electron chi connectivity index (χ3n) is 3.51. The molecule has 0 radical (unpaired) electrons. The average Bonchev–Trinajstić information content (AvgIpc) is 2.25. The van der Waals surface area contributed by atoms with Crippen LogP contribution in [-0.4, -0.2) is 13.1 Å². The Morgan fingerprint density at radius 2 is 1.94 bits per heavy atom. The molecule has 2 rings (SSSR count). The number of piperidine rings is 1. The summed E-state index contributed by atoms with van der Waals surface area (Å²) in [4.78, 5) is 0. The first-order chi connectivity index (χ1) is 7.66. The van der Waals surface area contributed by atoms with E-state index in [0.29, 0.717) is 5.92 Å². The van der Waals surface area contributed by atoms with Gasteiger partial charge in [0.1, 0.15) is 5.82 Å². The van der Waals surface area contributed by atoms with Gasteiger partial charge in [-0.25, -0.2) is 4.39 Å². The molecular formula is C14H20FN. The van der Waals surface area contributed by atoms with Crippen LogP contribution < -0.4 is 5.32 Å². The normalized spacial score (nSPS) is 17.7. The number of rotatable bonds is 2. The molecule has 1 aromatic rings. The SMILES string of the molecule is Cc1cc(C)c(CC2CCNCC2)c(F)c1. The lowest BCUT2D eigenvalue weighted by Crippen LogP contribution is -2.29. The molecule has 16 heavy (non-hydrogen) atoms. The lowest BCUT2D eigenvalue weighted by atomic mass is 9.88. The number of hydrogen-bond acceptors (Lipinski definition) is 1. The second-order valence-electron chi connectivity index (χ2n) is 4.94. The van der Waals surface area contributed by atoms with E-state index in [1.54, 1.807) is 6.07 Å². The standard InChI is InChI=1S/C14H20FN/c1-10-7-11(2)13(14(15)8-10)9-12-3-5-16-6-4-12/h7-8,12,16H,3-6,9H2,1-2H3. The Labute approximate surface area is 97.1 Å². The van der Waals surface area contributed by atoms with Gasteiger partial charge < -0.3 is 5.32 Å². The van der Waals surface area contributed by atoms with Gasteiger partial charge in [0.05, 0.1) is 0 Å². The molecule has 0 bridgehead atoms. The predicted molar refractivity (Wildman–Crippen MR) is 65.2 cm³/mol. The predicted octanol–water partition coefficient (Wildman–Crippen LogP) is 2.98. The molecular weight excluding hydrogens is 201 g/mol. The van der Waals surface area contributed by atoms with Crippen LogP contribution in [-0.2, 0) is 6.42 Å². The molecule has 1 fully saturated rings. The first-order valence-corrected chi connectivity index (χ1v) is 6.13. The van der Waals surface area contributed by atoms with Crippen molar-refractivity contribution in [2.75, 3.05) is 13.1 Å². The minimum absolute atomic E-state index is 0.0176. The van der Waals surface area contributed by atoms with Gasteiger partial charge in [-0.05, 0) is 74.9 Å². The minimum atomic E-state index is -0.0176. The summed E-state index contributed by atoms with van der Waals surface area (Å²) in [6.45, 7) is 6.13. The first-order valence-electron chi connectivity index (χ1n) is 6.13. The monoisotopic (exact) mass is 221 g/mol. The zero-order valence-electron chi connectivity index (χ0n) is 10.1. The van der Waals surface area contributed by atoms with Gasteiger partial charge in [0.25, 0.3) is 0 Å². The van der Waals surface area contributed by atoms with Gasteiger partial charge in [-0.3, -0.25) is 0 Å². The Balaban J connectivity index is 2.14. The third-order valence-corrected chi connectivity index (χ3v) is 3.51. The molecule has 2 heteroatoms. The van der Waals surface area contributed by atoms with Crippen LogP contribution in [0.5, 0.6) is 0 Å². The summed E-state index contributed by atoms with van der Waals surface area (Å²) in [6, 6.07) is 3.74. The quantitative estimate of drug-likeness (QED) is 0.809. The maximum absolute atomic E-state index is 13.9. The van der Waals surface area contributed by atoms with Crippen molar-refractivity contribution in [2.24, 2.45) is 5.92 Å². The van der Waals surface area contributed by atoms with Crippen LogP contribution in [0.25, 0.3) is 0 Å². The highest BCUT2D eigenvalue weighted by Crippen LogP contribution is 2.23. The third kappa shape index (κ3) is 2.62. The van der Waals surface area contributed by atoms with Gasteiger partial charge in [-0.1, -0.05) is 6.07 Å². The first kappa shape index (κ1) is 11.6. The van der Waals surface area contributed by atoms with E-state index in [2.05, 4.69) is 11.4 Å². The Morgan fingerprint density at radius 3 is 2.56 bits per heavy atom. The molecule has 1 N–H and O–H groups in total. The van der Waals surface area contributed by atoms with Crippen LogP contribution in [0, 0.1) is 25.6 Å². The van der Waals surface area contributed by atoms with Crippen LogP contribution in [0.2, 0.25) is 0 Å². The minimum Gasteiger partial charge on any atom is -0.317 e. The van der Waals surface area contributed by atoms with E-state index < -0.39 is 0 Å². The summed E-state index contributed by atoms with van der Waals surface area (Å²) >= 11 is 0. The Morgan fingerprint density at radius 1 is 1.25 bits per heavy atom. The van der Waals surface area contributed by atoms with Crippen molar-refractivity contribution in [1.82, 2.24) is 5.32 Å². The highest BCUT2D eigenvalue weighted by Gasteiger charge is 2.16. The van der Waals surface area contributed by atoms with Crippen molar-refractivity contribution in [3.05, 3.63) is 34.6 Å². The number of hydrogen-bond donors (Lipinski definition) is 1. The summed E-state index contributed by atoms with van der Waals surface area (Å²) in [5.41, 5.74) is 3.05. The Hall–Kier alpha value is -0.890. The van der Waals surface area contributed by atoms with Gasteiger partial charge >= 0.3 is 0 Å². The molecule has 0 saturated carbocycles. The molecule has 0 unspecified atom stereocenters. The molecule has 1 aliphatic heterocycles. The van der Waals surface area contributed by atoms with Crippen molar-refractivity contribution < 1.29 is 4.39 Å². The van der Waals surface area contributed by atoms with Gasteiger partial charge in [-0.15, -0.1) is 0 Å². The molecule has 1 aliphatic rings. The van der Waals surface area contributed by atoms with E-state index in [-0.39, 0.29) is 5.82 Å². The Bertz CT molecular complexity index is 344. The number of aryl methyl sites for hydroxylation is 2. The molecule has 0 spiro atoms. The van der Waals surface area contributed by atoms with Gasteiger partial charge in [0, 0.05) is 0 Å².